The monoisotopic (exact) mass is 464 g/mol. The van der Waals surface area contributed by atoms with Crippen LogP contribution in [0.5, 0.6) is 0 Å². The van der Waals surface area contributed by atoms with Crippen molar-refractivity contribution in [2.45, 2.75) is 48.2 Å². The van der Waals surface area contributed by atoms with E-state index in [9.17, 15) is 10.0 Å². The van der Waals surface area contributed by atoms with E-state index in [1.165, 1.54) is 37.1 Å². The summed E-state index contributed by atoms with van der Waals surface area (Å²) < 4.78 is 4.02. The van der Waals surface area contributed by atoms with Crippen LogP contribution in [0.15, 0.2) is 24.3 Å². The normalized spacial score (nSPS) is 23.9. The second-order valence-corrected chi connectivity index (χ2v) is 9.92. The number of hydrogen-bond acceptors (Lipinski definition) is 6. The zero-order chi connectivity index (χ0) is 21.0. The van der Waals surface area contributed by atoms with Crippen molar-refractivity contribution in [2.75, 3.05) is 24.9 Å². The molecule has 0 bridgehead atoms. The molecule has 0 spiro atoms. The highest BCUT2D eigenvalue weighted by atomic mass is 35.6. The second-order valence-electron chi connectivity index (χ2n) is 7.55. The number of amides is 1. The fraction of sp³-hybridized carbons (Fsp3) is 0.632. The number of fused-ring (bicyclic) bond motifs is 1. The van der Waals surface area contributed by atoms with Crippen LogP contribution in [0.3, 0.4) is 0 Å². The number of nitrogens with zero attached hydrogens (tertiary/aromatic N) is 2. The SMILES string of the molecule is O=C(NC(OC[C@@H]1CCCN2CCCC[C@H]12)C(Cl)(Cl)Cl)c1cccc(N([O-])O)c1. The van der Waals surface area contributed by atoms with E-state index >= 15 is 0 Å². The van der Waals surface area contributed by atoms with Gasteiger partial charge in [0.25, 0.3) is 5.91 Å². The van der Waals surface area contributed by atoms with Crippen LogP contribution in [0, 0.1) is 11.1 Å². The third-order valence-electron chi connectivity index (χ3n) is 5.59. The first-order chi connectivity index (χ1) is 13.8. The number of ether oxygens (including phenoxy) is 1. The van der Waals surface area contributed by atoms with Gasteiger partial charge in [-0.1, -0.05) is 47.3 Å². The summed E-state index contributed by atoms with van der Waals surface area (Å²) in [4.78, 5) is 15.1. The molecule has 0 saturated carbocycles. The minimum absolute atomic E-state index is 0.0800. The molecule has 1 aromatic rings. The number of halogens is 3. The molecule has 3 rings (SSSR count). The Kier molecular flexibility index (Phi) is 7.89. The van der Waals surface area contributed by atoms with Gasteiger partial charge in [-0.15, -0.1) is 0 Å². The van der Waals surface area contributed by atoms with Crippen LogP contribution >= 0.6 is 34.8 Å². The fourth-order valence-corrected chi connectivity index (χ4v) is 4.53. The summed E-state index contributed by atoms with van der Waals surface area (Å²) in [5.41, 5.74) is 0.0555. The van der Waals surface area contributed by atoms with Crippen LogP contribution in [-0.4, -0.2) is 51.8 Å². The Morgan fingerprint density at radius 1 is 1.31 bits per heavy atom. The maximum Gasteiger partial charge on any atom is 0.253 e. The van der Waals surface area contributed by atoms with Crippen molar-refractivity contribution in [2.24, 2.45) is 5.92 Å². The van der Waals surface area contributed by atoms with E-state index in [-0.39, 0.29) is 16.5 Å². The van der Waals surface area contributed by atoms with Crippen molar-refractivity contribution in [3.63, 3.8) is 0 Å². The molecule has 162 valence electrons. The third kappa shape index (κ3) is 6.10. The number of nitrogens with one attached hydrogen (secondary N) is 1. The molecule has 10 heteroatoms. The Morgan fingerprint density at radius 3 is 2.79 bits per heavy atom. The predicted octanol–water partition coefficient (Wildman–Crippen LogP) is 4.09. The topological polar surface area (TPSA) is 88.1 Å². The minimum atomic E-state index is -1.87. The highest BCUT2D eigenvalue weighted by molar-refractivity contribution is 6.68. The van der Waals surface area contributed by atoms with Gasteiger partial charge in [0, 0.05) is 11.6 Å². The molecule has 3 atom stereocenters. The van der Waals surface area contributed by atoms with Crippen LogP contribution in [0.25, 0.3) is 0 Å². The molecule has 1 aromatic carbocycles. The van der Waals surface area contributed by atoms with Crippen molar-refractivity contribution in [1.82, 2.24) is 10.2 Å². The zero-order valence-electron chi connectivity index (χ0n) is 15.9. The molecule has 2 aliphatic heterocycles. The zero-order valence-corrected chi connectivity index (χ0v) is 18.2. The summed E-state index contributed by atoms with van der Waals surface area (Å²) in [6.07, 6.45) is 4.57. The van der Waals surface area contributed by atoms with Crippen LogP contribution < -0.4 is 10.5 Å². The molecule has 2 aliphatic rings. The van der Waals surface area contributed by atoms with E-state index in [0.29, 0.717) is 18.6 Å². The fourth-order valence-electron chi connectivity index (χ4n) is 4.18. The lowest BCUT2D eigenvalue weighted by molar-refractivity contribution is -0.0325. The van der Waals surface area contributed by atoms with Crippen molar-refractivity contribution in [3.8, 4) is 0 Å². The first-order valence-electron chi connectivity index (χ1n) is 9.75. The van der Waals surface area contributed by atoms with Gasteiger partial charge in [0.15, 0.2) is 6.23 Å². The molecule has 1 unspecified atom stereocenters. The predicted molar refractivity (Wildman–Crippen MR) is 114 cm³/mol. The highest BCUT2D eigenvalue weighted by Crippen LogP contribution is 2.34. The number of piperidine rings is 2. The van der Waals surface area contributed by atoms with Crippen molar-refractivity contribution in [1.29, 1.82) is 0 Å². The van der Waals surface area contributed by atoms with Gasteiger partial charge in [0.05, 0.1) is 12.3 Å². The molecule has 2 fully saturated rings. The average molecular weight is 466 g/mol. The summed E-state index contributed by atoms with van der Waals surface area (Å²) in [5, 5.41) is 22.3. The van der Waals surface area contributed by atoms with Gasteiger partial charge >= 0.3 is 0 Å². The number of rotatable bonds is 6. The summed E-state index contributed by atoms with van der Waals surface area (Å²) >= 11 is 18.2. The average Bonchev–Trinajstić information content (AvgIpc) is 2.70. The van der Waals surface area contributed by atoms with Crippen molar-refractivity contribution < 1.29 is 14.7 Å². The van der Waals surface area contributed by atoms with Crippen LogP contribution in [0.2, 0.25) is 0 Å². The second kappa shape index (κ2) is 10.0. The smallest absolute Gasteiger partial charge is 0.253 e. The van der Waals surface area contributed by atoms with E-state index in [2.05, 4.69) is 10.2 Å². The first-order valence-corrected chi connectivity index (χ1v) is 10.9. The molecule has 1 amide bonds. The van der Waals surface area contributed by atoms with E-state index in [1.807, 2.05) is 0 Å². The Labute approximate surface area is 185 Å². The summed E-state index contributed by atoms with van der Waals surface area (Å²) in [6, 6.07) is 6.02. The molecule has 0 aromatic heterocycles. The number of carbonyl (C=O) groups excluding carboxylic acids is 1. The Morgan fingerprint density at radius 2 is 2.07 bits per heavy atom. The standard InChI is InChI=1S/C19H25Cl3N3O4/c20-19(21,22)18(23-17(26)13-5-3-7-15(11-13)25(27)28)29-12-14-6-4-10-24-9-2-1-8-16(14)24/h3,5,7,11,14,16,18,27H,1-2,4,6,8-10,12H2,(H,23,26)/q-1/t14-,16+,18?/m0/s1. The lowest BCUT2D eigenvalue weighted by Gasteiger charge is -2.44. The van der Waals surface area contributed by atoms with Crippen LogP contribution in [0.4, 0.5) is 5.69 Å². The van der Waals surface area contributed by atoms with Gasteiger partial charge < -0.3 is 25.4 Å². The minimum Gasteiger partial charge on any atom is -0.733 e. The quantitative estimate of drug-likeness (QED) is 0.374. The molecule has 2 heterocycles. The molecule has 0 radical (unpaired) electrons. The van der Waals surface area contributed by atoms with Gasteiger partial charge in [0.1, 0.15) is 0 Å². The number of alkyl halides is 3. The lowest BCUT2D eigenvalue weighted by atomic mass is 9.84. The van der Waals surface area contributed by atoms with Gasteiger partial charge in [0.2, 0.25) is 3.79 Å². The van der Waals surface area contributed by atoms with E-state index < -0.39 is 15.9 Å². The molecule has 2 saturated heterocycles. The van der Waals surface area contributed by atoms with Gasteiger partial charge in [-0.3, -0.25) is 10.0 Å². The number of hydrogen-bond donors (Lipinski definition) is 2. The van der Waals surface area contributed by atoms with Crippen LogP contribution in [0.1, 0.15) is 42.5 Å². The summed E-state index contributed by atoms with van der Waals surface area (Å²) in [7, 11) is 0. The summed E-state index contributed by atoms with van der Waals surface area (Å²) in [5.74, 6) is -0.254. The number of carbonyl (C=O) groups is 1. The summed E-state index contributed by atoms with van der Waals surface area (Å²) in [6.45, 7) is 2.61. The third-order valence-corrected chi connectivity index (χ3v) is 6.19. The Balaban J connectivity index is 1.64. The molecule has 29 heavy (non-hydrogen) atoms. The Hall–Kier alpha value is -0.800. The highest BCUT2D eigenvalue weighted by Gasteiger charge is 2.38. The lowest BCUT2D eigenvalue weighted by Crippen LogP contribution is -2.51. The molecule has 2 N–H and O–H groups in total. The maximum absolute atomic E-state index is 12.6. The van der Waals surface area contributed by atoms with Gasteiger partial charge in [-0.2, -0.15) is 0 Å². The van der Waals surface area contributed by atoms with Crippen molar-refractivity contribution in [3.05, 3.63) is 35.0 Å². The number of anilines is 1. The molecular weight excluding hydrogens is 441 g/mol. The van der Waals surface area contributed by atoms with E-state index in [0.717, 1.165) is 32.4 Å². The van der Waals surface area contributed by atoms with Crippen LogP contribution in [-0.2, 0) is 4.74 Å². The number of benzene rings is 1. The molecular formula is C19H25Cl3N3O4-. The van der Waals surface area contributed by atoms with E-state index in [1.54, 1.807) is 0 Å². The molecule has 7 nitrogen and oxygen atoms in total. The maximum atomic E-state index is 12.6. The van der Waals surface area contributed by atoms with Crippen molar-refractivity contribution >= 4 is 46.4 Å². The van der Waals surface area contributed by atoms with Gasteiger partial charge in [-0.25, -0.2) is 0 Å². The Bertz CT molecular complexity index is 700. The first kappa shape index (κ1) is 22.9. The molecule has 0 aliphatic carbocycles. The largest absolute Gasteiger partial charge is 0.733 e. The van der Waals surface area contributed by atoms with E-state index in [4.69, 9.17) is 44.7 Å². The van der Waals surface area contributed by atoms with Gasteiger partial charge in [-0.05, 0) is 62.9 Å².